The van der Waals surface area contributed by atoms with E-state index >= 15 is 0 Å². The van der Waals surface area contributed by atoms with Gasteiger partial charge in [0.05, 0.1) is 10.7 Å². The van der Waals surface area contributed by atoms with Crippen LogP contribution in [-0.4, -0.2) is 14.6 Å². The molecule has 3 aromatic rings. The van der Waals surface area contributed by atoms with E-state index in [4.69, 9.17) is 15.8 Å². The minimum Gasteiger partial charge on any atom is -0.377 e. The Balaban J connectivity index is 1.81. The van der Waals surface area contributed by atoms with Crippen molar-refractivity contribution in [1.82, 2.24) is 0 Å². The zero-order valence-electron chi connectivity index (χ0n) is 15.8. The van der Waals surface area contributed by atoms with Crippen LogP contribution in [0, 0.1) is 20.8 Å². The van der Waals surface area contributed by atoms with Crippen LogP contribution < -0.4 is 4.18 Å². The fraction of sp³-hybridized carbons (Fsp3) is 0.136. The third-order valence-electron chi connectivity index (χ3n) is 4.18. The topological polar surface area (TPSA) is 55.7 Å². The van der Waals surface area contributed by atoms with E-state index in [1.165, 1.54) is 18.2 Å². The van der Waals surface area contributed by atoms with Crippen LogP contribution in [0.4, 0.5) is 5.69 Å². The normalized spacial score (nSPS) is 11.7. The Morgan fingerprint density at radius 2 is 1.57 bits per heavy atom. The summed E-state index contributed by atoms with van der Waals surface area (Å²) in [5, 5.41) is 0.195. The van der Waals surface area contributed by atoms with E-state index in [1.807, 2.05) is 39.0 Å². The highest BCUT2D eigenvalue weighted by molar-refractivity contribution is 7.87. The number of hydrogen-bond donors (Lipinski definition) is 0. The van der Waals surface area contributed by atoms with E-state index in [1.54, 1.807) is 30.5 Å². The molecule has 0 amide bonds. The first-order valence-electron chi connectivity index (χ1n) is 8.67. The van der Waals surface area contributed by atoms with Crippen molar-refractivity contribution >= 4 is 33.6 Å². The van der Waals surface area contributed by atoms with E-state index in [-0.39, 0.29) is 15.7 Å². The second-order valence-corrected chi connectivity index (χ2v) is 8.54. The van der Waals surface area contributed by atoms with Crippen molar-refractivity contribution in [3.63, 3.8) is 0 Å². The lowest BCUT2D eigenvalue weighted by atomic mass is 10.1. The van der Waals surface area contributed by atoms with Gasteiger partial charge in [-0.25, -0.2) is 0 Å². The van der Waals surface area contributed by atoms with Crippen molar-refractivity contribution in [1.29, 1.82) is 0 Å². The van der Waals surface area contributed by atoms with Gasteiger partial charge >= 0.3 is 10.1 Å². The molecule has 0 unspecified atom stereocenters. The van der Waals surface area contributed by atoms with Gasteiger partial charge in [-0.2, -0.15) is 8.42 Å². The molecule has 0 aliphatic rings. The summed E-state index contributed by atoms with van der Waals surface area (Å²) in [5.74, 6) is 0.0751. The van der Waals surface area contributed by atoms with E-state index < -0.39 is 10.1 Å². The summed E-state index contributed by atoms with van der Waals surface area (Å²) in [6, 6.07) is 17.3. The first kappa shape index (κ1) is 20.1. The zero-order chi connectivity index (χ0) is 20.3. The molecule has 4 nitrogen and oxygen atoms in total. The maximum Gasteiger partial charge on any atom is 0.339 e. The molecule has 0 bridgehead atoms. The van der Waals surface area contributed by atoms with E-state index in [0.29, 0.717) is 0 Å². The summed E-state index contributed by atoms with van der Waals surface area (Å²) in [6.07, 6.45) is 1.69. The third-order valence-corrected chi connectivity index (χ3v) is 5.73. The predicted octanol–water partition coefficient (Wildman–Crippen LogP) is 5.78. The van der Waals surface area contributed by atoms with Crippen molar-refractivity contribution < 1.29 is 12.6 Å². The summed E-state index contributed by atoms with van der Waals surface area (Å²) in [5.41, 5.74) is 4.77. The van der Waals surface area contributed by atoms with Crippen molar-refractivity contribution in [2.45, 2.75) is 25.7 Å². The molecule has 0 saturated heterocycles. The van der Waals surface area contributed by atoms with Gasteiger partial charge in [0.2, 0.25) is 0 Å². The molecule has 0 spiro atoms. The van der Waals surface area contributed by atoms with Gasteiger partial charge in [-0.15, -0.1) is 0 Å². The van der Waals surface area contributed by atoms with Gasteiger partial charge in [0.1, 0.15) is 4.90 Å². The number of nitrogens with zero attached hydrogens (tertiary/aromatic N) is 1. The lowest BCUT2D eigenvalue weighted by Crippen LogP contribution is -2.10. The molecule has 144 valence electrons. The molecule has 3 aromatic carbocycles. The fourth-order valence-electron chi connectivity index (χ4n) is 2.54. The molecule has 3 rings (SSSR count). The van der Waals surface area contributed by atoms with Crippen molar-refractivity contribution in [3.05, 3.63) is 87.9 Å². The Labute approximate surface area is 170 Å². The average Bonchev–Trinajstić information content (AvgIpc) is 2.65. The molecular formula is C22H20ClNO3S. The van der Waals surface area contributed by atoms with Crippen molar-refractivity contribution in [2.75, 3.05) is 0 Å². The minimum absolute atomic E-state index is 0.0751. The largest absolute Gasteiger partial charge is 0.377 e. The maximum absolute atomic E-state index is 12.4. The van der Waals surface area contributed by atoms with Crippen LogP contribution in [0.15, 0.2) is 70.6 Å². The van der Waals surface area contributed by atoms with Crippen LogP contribution in [0.2, 0.25) is 5.02 Å². The Kier molecular flexibility index (Phi) is 5.87. The van der Waals surface area contributed by atoms with E-state index in [2.05, 4.69) is 4.99 Å². The number of aryl methyl sites for hydroxylation is 3. The van der Waals surface area contributed by atoms with Gasteiger partial charge in [0, 0.05) is 6.21 Å². The quantitative estimate of drug-likeness (QED) is 0.393. The summed E-state index contributed by atoms with van der Waals surface area (Å²) in [7, 11) is -3.95. The highest BCUT2D eigenvalue weighted by Gasteiger charge is 2.18. The van der Waals surface area contributed by atoms with Gasteiger partial charge in [-0.3, -0.25) is 4.99 Å². The van der Waals surface area contributed by atoms with Gasteiger partial charge < -0.3 is 4.18 Å². The third kappa shape index (κ3) is 4.80. The first-order chi connectivity index (χ1) is 13.2. The molecule has 0 atom stereocenters. The molecule has 28 heavy (non-hydrogen) atoms. The van der Waals surface area contributed by atoms with Crippen LogP contribution in [0.5, 0.6) is 5.75 Å². The molecule has 0 fully saturated rings. The lowest BCUT2D eigenvalue weighted by molar-refractivity contribution is 0.486. The number of hydrogen-bond acceptors (Lipinski definition) is 4. The highest BCUT2D eigenvalue weighted by Crippen LogP contribution is 2.28. The summed E-state index contributed by atoms with van der Waals surface area (Å²) in [6.45, 7) is 5.88. The van der Waals surface area contributed by atoms with Gasteiger partial charge in [0.15, 0.2) is 5.75 Å². The Morgan fingerprint density at radius 1 is 0.893 bits per heavy atom. The molecule has 0 saturated carbocycles. The standard InChI is InChI=1S/C22H20ClNO3S/c1-15-5-9-19(10-6-15)28(25,26)27-22-11-8-18(13-20(22)23)14-24-21-12-16(2)4-7-17(21)3/h4-14H,1-3H3. The molecule has 0 aromatic heterocycles. The number of rotatable bonds is 5. The minimum atomic E-state index is -3.95. The van der Waals surface area contributed by atoms with Crippen LogP contribution in [0.3, 0.4) is 0 Å². The average molecular weight is 414 g/mol. The van der Waals surface area contributed by atoms with Crippen molar-refractivity contribution in [3.8, 4) is 5.75 Å². The number of benzene rings is 3. The van der Waals surface area contributed by atoms with Crippen LogP contribution in [0.1, 0.15) is 22.3 Å². The summed E-state index contributed by atoms with van der Waals surface area (Å²) >= 11 is 6.24. The second kappa shape index (κ2) is 8.17. The molecule has 6 heteroatoms. The smallest absolute Gasteiger partial charge is 0.339 e. The van der Waals surface area contributed by atoms with E-state index in [0.717, 1.165) is 27.9 Å². The molecule has 0 aliphatic carbocycles. The number of halogens is 1. The van der Waals surface area contributed by atoms with E-state index in [9.17, 15) is 8.42 Å². The first-order valence-corrected chi connectivity index (χ1v) is 10.5. The van der Waals surface area contributed by atoms with Crippen molar-refractivity contribution in [2.24, 2.45) is 4.99 Å². The maximum atomic E-state index is 12.4. The molecule has 0 radical (unpaired) electrons. The Morgan fingerprint density at radius 3 is 2.25 bits per heavy atom. The highest BCUT2D eigenvalue weighted by atomic mass is 35.5. The SMILES string of the molecule is Cc1ccc(S(=O)(=O)Oc2ccc(C=Nc3cc(C)ccc3C)cc2Cl)cc1. The molecular weight excluding hydrogens is 394 g/mol. The number of aliphatic imine (C=N–C) groups is 1. The predicted molar refractivity (Wildman–Crippen MR) is 114 cm³/mol. The van der Waals surface area contributed by atoms with Crippen LogP contribution in [-0.2, 0) is 10.1 Å². The summed E-state index contributed by atoms with van der Waals surface area (Å²) in [4.78, 5) is 4.57. The Bertz CT molecular complexity index is 1140. The Hall–Kier alpha value is -2.63. The zero-order valence-corrected chi connectivity index (χ0v) is 17.4. The summed E-state index contributed by atoms with van der Waals surface area (Å²) < 4.78 is 30.1. The molecule has 0 aliphatic heterocycles. The second-order valence-electron chi connectivity index (χ2n) is 6.59. The van der Waals surface area contributed by atoms with Gasteiger partial charge in [-0.05, 0) is 73.9 Å². The monoisotopic (exact) mass is 413 g/mol. The van der Waals surface area contributed by atoms with Gasteiger partial charge in [0.25, 0.3) is 0 Å². The lowest BCUT2D eigenvalue weighted by Gasteiger charge is -2.09. The van der Waals surface area contributed by atoms with Crippen LogP contribution in [0.25, 0.3) is 0 Å². The van der Waals surface area contributed by atoms with Gasteiger partial charge in [-0.1, -0.05) is 41.4 Å². The molecule has 0 N–H and O–H groups in total. The fourth-order valence-corrected chi connectivity index (χ4v) is 3.76. The molecule has 0 heterocycles. The van der Waals surface area contributed by atoms with Crippen LogP contribution >= 0.6 is 11.6 Å².